The normalized spacial score (nSPS) is 18.1. The van der Waals surface area contributed by atoms with Crippen molar-refractivity contribution in [1.82, 2.24) is 0 Å². The minimum Gasteiger partial charge on any atom is -0.490 e. The molecule has 0 amide bonds. The Kier molecular flexibility index (Phi) is 4.59. The van der Waals surface area contributed by atoms with Crippen LogP contribution in [-0.4, -0.2) is 11.4 Å². The Bertz CT molecular complexity index is 589. The van der Waals surface area contributed by atoms with Crippen molar-refractivity contribution in [3.8, 4) is 5.75 Å². The molecule has 0 aromatic heterocycles. The molecule has 2 aromatic carbocycles. The van der Waals surface area contributed by atoms with Gasteiger partial charge in [-0.3, -0.25) is 0 Å². The molecule has 21 heavy (non-hydrogen) atoms. The lowest BCUT2D eigenvalue weighted by atomic mass is 9.94. The summed E-state index contributed by atoms with van der Waals surface area (Å²) in [5, 5.41) is 0.902. The third-order valence-electron chi connectivity index (χ3n) is 3.94. The van der Waals surface area contributed by atoms with Crippen molar-refractivity contribution in [2.24, 2.45) is 5.92 Å². The monoisotopic (exact) mass is 348 g/mol. The quantitative estimate of drug-likeness (QED) is 0.707. The second-order valence-corrected chi connectivity index (χ2v) is 6.29. The van der Waals surface area contributed by atoms with Crippen LogP contribution in [0.5, 0.6) is 5.75 Å². The molecule has 1 aliphatic rings. The van der Waals surface area contributed by atoms with E-state index in [0.717, 1.165) is 35.9 Å². The summed E-state index contributed by atoms with van der Waals surface area (Å²) in [6.07, 6.45) is 3.07. The Morgan fingerprint density at radius 2 is 2.05 bits per heavy atom. The molecule has 2 aromatic rings. The lowest BCUT2D eigenvalue weighted by Gasteiger charge is -2.18. The molecule has 2 unspecified atom stereocenters. The number of ether oxygens (including phenoxy) is 1. The van der Waals surface area contributed by atoms with E-state index in [1.807, 2.05) is 18.2 Å². The van der Waals surface area contributed by atoms with E-state index in [9.17, 15) is 4.39 Å². The first-order chi connectivity index (χ1) is 10.2. The summed E-state index contributed by atoms with van der Waals surface area (Å²) < 4.78 is 19.3. The summed E-state index contributed by atoms with van der Waals surface area (Å²) in [7, 11) is 0. The Balaban J connectivity index is 1.61. The fourth-order valence-electron chi connectivity index (χ4n) is 2.96. The third kappa shape index (κ3) is 3.65. The number of fused-ring (bicyclic) bond motifs is 1. The fourth-order valence-corrected chi connectivity index (χ4v) is 3.45. The Morgan fingerprint density at radius 3 is 2.81 bits per heavy atom. The predicted molar refractivity (Wildman–Crippen MR) is 86.6 cm³/mol. The van der Waals surface area contributed by atoms with Crippen LogP contribution in [0.25, 0.3) is 0 Å². The van der Waals surface area contributed by atoms with Gasteiger partial charge in [-0.15, -0.1) is 0 Å². The van der Waals surface area contributed by atoms with Crippen LogP contribution in [0.1, 0.15) is 17.5 Å². The summed E-state index contributed by atoms with van der Waals surface area (Å²) in [5.74, 6) is 1.30. The molecular formula is C18H18BrFO. The smallest absolute Gasteiger partial charge is 0.123 e. The van der Waals surface area contributed by atoms with E-state index >= 15 is 0 Å². The van der Waals surface area contributed by atoms with Gasteiger partial charge in [0.05, 0.1) is 0 Å². The maximum atomic E-state index is 13.3. The van der Waals surface area contributed by atoms with Crippen LogP contribution in [0.3, 0.4) is 0 Å². The first-order valence-electron chi connectivity index (χ1n) is 7.29. The van der Waals surface area contributed by atoms with Crippen LogP contribution in [0, 0.1) is 11.7 Å². The molecule has 0 spiro atoms. The largest absolute Gasteiger partial charge is 0.490 e. The summed E-state index contributed by atoms with van der Waals surface area (Å²) in [6.45, 7) is 0. The van der Waals surface area contributed by atoms with Crippen molar-refractivity contribution in [2.45, 2.75) is 25.4 Å². The van der Waals surface area contributed by atoms with E-state index in [-0.39, 0.29) is 11.9 Å². The average Bonchev–Trinajstić information content (AvgIpc) is 2.89. The molecule has 0 aliphatic carbocycles. The molecule has 0 N–H and O–H groups in total. The van der Waals surface area contributed by atoms with E-state index in [2.05, 4.69) is 28.1 Å². The van der Waals surface area contributed by atoms with Crippen LogP contribution in [0.15, 0.2) is 48.5 Å². The zero-order valence-corrected chi connectivity index (χ0v) is 13.4. The second kappa shape index (κ2) is 6.61. The van der Waals surface area contributed by atoms with Crippen LogP contribution in [-0.2, 0) is 12.8 Å². The summed E-state index contributed by atoms with van der Waals surface area (Å²) in [5.41, 5.74) is 2.34. The Labute approximate surface area is 133 Å². The van der Waals surface area contributed by atoms with Gasteiger partial charge in [-0.25, -0.2) is 4.39 Å². The van der Waals surface area contributed by atoms with Crippen molar-refractivity contribution < 1.29 is 9.13 Å². The molecule has 0 bridgehead atoms. The maximum Gasteiger partial charge on any atom is 0.123 e. The van der Waals surface area contributed by atoms with E-state index in [0.29, 0.717) is 5.92 Å². The number of benzene rings is 2. The van der Waals surface area contributed by atoms with Gasteiger partial charge in [0.2, 0.25) is 0 Å². The predicted octanol–water partition coefficient (Wildman–Crippen LogP) is 4.77. The molecule has 0 saturated heterocycles. The van der Waals surface area contributed by atoms with Gasteiger partial charge in [0, 0.05) is 11.8 Å². The van der Waals surface area contributed by atoms with Gasteiger partial charge in [-0.05, 0) is 48.1 Å². The minimum atomic E-state index is -0.162. The van der Waals surface area contributed by atoms with Crippen LogP contribution in [0.2, 0.25) is 0 Å². The van der Waals surface area contributed by atoms with Gasteiger partial charge >= 0.3 is 0 Å². The van der Waals surface area contributed by atoms with Crippen molar-refractivity contribution in [3.63, 3.8) is 0 Å². The summed E-state index contributed by atoms with van der Waals surface area (Å²) >= 11 is 3.58. The fraction of sp³-hybridized carbons (Fsp3) is 0.333. The van der Waals surface area contributed by atoms with Gasteiger partial charge in [0.15, 0.2) is 0 Å². The highest BCUT2D eigenvalue weighted by molar-refractivity contribution is 9.09. The number of hydrogen-bond donors (Lipinski definition) is 0. The highest BCUT2D eigenvalue weighted by Gasteiger charge is 2.25. The molecule has 2 atom stereocenters. The molecule has 1 heterocycles. The molecule has 3 heteroatoms. The molecular weight excluding hydrogens is 331 g/mol. The van der Waals surface area contributed by atoms with Crippen LogP contribution >= 0.6 is 15.9 Å². The van der Waals surface area contributed by atoms with Gasteiger partial charge in [0.25, 0.3) is 0 Å². The highest BCUT2D eigenvalue weighted by atomic mass is 79.9. The van der Waals surface area contributed by atoms with E-state index < -0.39 is 0 Å². The number of hydrogen-bond acceptors (Lipinski definition) is 1. The van der Waals surface area contributed by atoms with Crippen molar-refractivity contribution in [3.05, 3.63) is 65.5 Å². The third-order valence-corrected chi connectivity index (χ3v) is 4.86. The Hall–Kier alpha value is -1.35. The van der Waals surface area contributed by atoms with Crippen molar-refractivity contribution in [1.29, 1.82) is 0 Å². The van der Waals surface area contributed by atoms with Crippen molar-refractivity contribution >= 4 is 15.9 Å². The van der Waals surface area contributed by atoms with Gasteiger partial charge < -0.3 is 4.74 Å². The molecule has 110 valence electrons. The summed E-state index contributed by atoms with van der Waals surface area (Å²) in [4.78, 5) is 0. The topological polar surface area (TPSA) is 9.23 Å². The molecule has 0 fully saturated rings. The van der Waals surface area contributed by atoms with E-state index in [1.165, 1.54) is 11.6 Å². The molecule has 1 aliphatic heterocycles. The first-order valence-corrected chi connectivity index (χ1v) is 8.41. The van der Waals surface area contributed by atoms with Gasteiger partial charge in [-0.2, -0.15) is 0 Å². The van der Waals surface area contributed by atoms with Crippen LogP contribution < -0.4 is 4.74 Å². The second-order valence-electron chi connectivity index (χ2n) is 5.64. The number of halogens is 2. The van der Waals surface area contributed by atoms with Gasteiger partial charge in [-0.1, -0.05) is 46.3 Å². The van der Waals surface area contributed by atoms with Crippen molar-refractivity contribution in [2.75, 3.05) is 5.33 Å². The molecule has 3 rings (SSSR count). The minimum absolute atomic E-state index is 0.162. The highest BCUT2D eigenvalue weighted by Crippen LogP contribution is 2.31. The average molecular weight is 349 g/mol. The lowest BCUT2D eigenvalue weighted by molar-refractivity contribution is 0.199. The number of rotatable bonds is 5. The lowest BCUT2D eigenvalue weighted by Crippen LogP contribution is -2.20. The number of alkyl halides is 1. The zero-order valence-electron chi connectivity index (χ0n) is 11.8. The first kappa shape index (κ1) is 14.6. The SMILES string of the molecule is Fc1cccc(CC(CBr)CC2Cc3ccccc3O2)c1. The van der Waals surface area contributed by atoms with Gasteiger partial charge in [0.1, 0.15) is 17.7 Å². The maximum absolute atomic E-state index is 13.3. The zero-order chi connectivity index (χ0) is 14.7. The van der Waals surface area contributed by atoms with Crippen LogP contribution in [0.4, 0.5) is 4.39 Å². The Morgan fingerprint density at radius 1 is 1.19 bits per heavy atom. The van der Waals surface area contributed by atoms with E-state index in [1.54, 1.807) is 12.1 Å². The molecule has 0 saturated carbocycles. The van der Waals surface area contributed by atoms with E-state index in [4.69, 9.17) is 4.74 Å². The molecule has 0 radical (unpaired) electrons. The number of para-hydroxylation sites is 1. The summed E-state index contributed by atoms with van der Waals surface area (Å²) in [6, 6.07) is 15.1. The standard InChI is InChI=1S/C18H18BrFO/c19-12-14(8-13-4-3-6-16(20)9-13)10-17-11-15-5-1-2-7-18(15)21-17/h1-7,9,14,17H,8,10-12H2. The molecule has 1 nitrogen and oxygen atoms in total.